The molecule has 1 saturated carbocycles. The maximum absolute atomic E-state index is 16.2. The fourth-order valence-corrected chi connectivity index (χ4v) is 8.54. The van der Waals surface area contributed by atoms with E-state index in [1.807, 2.05) is 30.3 Å². The summed E-state index contributed by atoms with van der Waals surface area (Å²) < 4.78 is 39.4. The molecule has 0 saturated heterocycles. The lowest BCUT2D eigenvalue weighted by molar-refractivity contribution is -0.150. The zero-order valence-corrected chi connectivity index (χ0v) is 40.0. The molecule has 0 spiro atoms. The highest BCUT2D eigenvalue weighted by atomic mass is 19.1. The van der Waals surface area contributed by atoms with Gasteiger partial charge in [0.25, 0.3) is 0 Å². The minimum Gasteiger partial charge on any atom is -0.492 e. The van der Waals surface area contributed by atoms with Crippen LogP contribution in [0.3, 0.4) is 0 Å². The number of aryl methyl sites for hydroxylation is 3. The number of carbonyl (C=O) groups excluding carboxylic acids is 3. The molecule has 352 valence electrons. The van der Waals surface area contributed by atoms with Crippen molar-refractivity contribution in [3.05, 3.63) is 113 Å². The van der Waals surface area contributed by atoms with Gasteiger partial charge in [0.15, 0.2) is 0 Å². The molecule has 1 aliphatic rings. The molecular weight excluding hydrogens is 832 g/mol. The fourth-order valence-electron chi connectivity index (χ4n) is 8.54. The number of esters is 3. The molecule has 3 aromatic carbocycles. The normalized spacial score (nSPS) is 14.6. The zero-order valence-electron chi connectivity index (χ0n) is 40.0. The third-order valence-electron chi connectivity index (χ3n) is 12.5. The second-order valence-electron chi connectivity index (χ2n) is 18.2. The number of nitrogens with zero attached hydrogens (tertiary/aromatic N) is 2. The summed E-state index contributed by atoms with van der Waals surface area (Å²) in [5.41, 5.74) is 6.15. The highest BCUT2D eigenvalue weighted by molar-refractivity contribution is 5.88. The number of halogens is 1. The zero-order chi connectivity index (χ0) is 48.2. The number of hydrogen-bond acceptors (Lipinski definition) is 9. The van der Waals surface area contributed by atoms with E-state index in [4.69, 9.17) is 18.9 Å². The van der Waals surface area contributed by atoms with Crippen LogP contribution in [0.25, 0.3) is 22.3 Å². The first kappa shape index (κ1) is 52.6. The fraction of sp³-hybridized carbons (Fsp3) is 0.482. The highest BCUT2D eigenvalue weighted by Crippen LogP contribution is 2.41. The molecule has 0 radical (unpaired) electrons. The number of rotatable bonds is 26. The number of carbonyl (C=O) groups is 3. The van der Waals surface area contributed by atoms with Crippen LogP contribution in [0.4, 0.5) is 4.39 Å². The van der Waals surface area contributed by atoms with Crippen molar-refractivity contribution in [2.45, 2.75) is 137 Å². The molecular formula is C56H69FN2O7. The first-order valence-corrected chi connectivity index (χ1v) is 23.6. The second kappa shape index (κ2) is 26.2. The Hall–Kier alpha value is -6.00. The molecule has 3 aromatic rings. The number of ether oxygens (including phenoxy) is 4. The average molecular weight is 901 g/mol. The Morgan fingerprint density at radius 3 is 1.85 bits per heavy atom. The van der Waals surface area contributed by atoms with Crippen LogP contribution in [-0.4, -0.2) is 44.3 Å². The van der Waals surface area contributed by atoms with Crippen LogP contribution in [-0.2, 0) is 47.9 Å². The monoisotopic (exact) mass is 901 g/mol. The van der Waals surface area contributed by atoms with E-state index in [0.29, 0.717) is 55.8 Å². The molecule has 0 bridgehead atoms. The van der Waals surface area contributed by atoms with Crippen molar-refractivity contribution in [1.82, 2.24) is 0 Å². The first-order chi connectivity index (χ1) is 31.6. The summed E-state index contributed by atoms with van der Waals surface area (Å²) in [5.74, 6) is -0.381. The molecule has 9 nitrogen and oxygen atoms in total. The Bertz CT molecular complexity index is 2260. The van der Waals surface area contributed by atoms with Crippen LogP contribution in [0.5, 0.6) is 5.75 Å². The first-order valence-electron chi connectivity index (χ1n) is 23.6. The highest BCUT2D eigenvalue weighted by Gasteiger charge is 2.36. The Kier molecular flexibility index (Phi) is 20.9. The summed E-state index contributed by atoms with van der Waals surface area (Å²) in [5, 5.41) is 19.5. The topological polar surface area (TPSA) is 136 Å². The van der Waals surface area contributed by atoms with Crippen molar-refractivity contribution in [3.63, 3.8) is 0 Å². The van der Waals surface area contributed by atoms with E-state index in [1.165, 1.54) is 52.4 Å². The van der Waals surface area contributed by atoms with Gasteiger partial charge in [0.1, 0.15) is 31.4 Å². The van der Waals surface area contributed by atoms with Gasteiger partial charge < -0.3 is 18.9 Å². The smallest absolute Gasteiger partial charge is 0.333 e. The van der Waals surface area contributed by atoms with Crippen molar-refractivity contribution < 1.29 is 37.7 Å². The Morgan fingerprint density at radius 1 is 0.697 bits per heavy atom. The van der Waals surface area contributed by atoms with Crippen LogP contribution in [0.2, 0.25) is 0 Å². The third-order valence-corrected chi connectivity index (χ3v) is 12.5. The molecule has 0 aliphatic heterocycles. The van der Waals surface area contributed by atoms with Crippen LogP contribution >= 0.6 is 0 Å². The molecule has 0 amide bonds. The Balaban J connectivity index is 1.74. The summed E-state index contributed by atoms with van der Waals surface area (Å²) >= 11 is 0. The molecule has 66 heavy (non-hydrogen) atoms. The Labute approximate surface area is 392 Å². The van der Waals surface area contributed by atoms with Gasteiger partial charge in [0, 0.05) is 28.7 Å². The van der Waals surface area contributed by atoms with Crippen LogP contribution in [0, 0.1) is 39.8 Å². The predicted octanol–water partition coefficient (Wildman–Crippen LogP) is 13.0. The van der Waals surface area contributed by atoms with E-state index < -0.39 is 23.3 Å². The van der Waals surface area contributed by atoms with E-state index in [2.05, 4.69) is 57.9 Å². The molecule has 1 fully saturated rings. The molecule has 0 heterocycles. The molecule has 0 unspecified atom stereocenters. The summed E-state index contributed by atoms with van der Waals surface area (Å²) in [6, 6.07) is 20.3. The van der Waals surface area contributed by atoms with E-state index in [1.54, 1.807) is 13.0 Å². The predicted molar refractivity (Wildman–Crippen MR) is 258 cm³/mol. The van der Waals surface area contributed by atoms with E-state index in [0.717, 1.165) is 57.7 Å². The van der Waals surface area contributed by atoms with Crippen molar-refractivity contribution >= 4 is 17.9 Å². The number of unbranched alkanes of at least 4 members (excludes halogenated alkanes) is 3. The van der Waals surface area contributed by atoms with E-state index in [-0.39, 0.29) is 55.4 Å². The second-order valence-corrected chi connectivity index (χ2v) is 18.2. The molecule has 4 rings (SSSR count). The lowest BCUT2D eigenvalue weighted by Crippen LogP contribution is -2.40. The lowest BCUT2D eigenvalue weighted by atomic mass is 9.77. The molecule has 0 atom stereocenters. The van der Waals surface area contributed by atoms with Gasteiger partial charge in [-0.1, -0.05) is 89.6 Å². The van der Waals surface area contributed by atoms with Crippen molar-refractivity contribution in [3.8, 4) is 40.1 Å². The minimum atomic E-state index is -1.28. The van der Waals surface area contributed by atoms with Crippen molar-refractivity contribution in [2.24, 2.45) is 11.3 Å². The number of benzene rings is 3. The standard InChI is InChI=1S/C56H69FN2O7/c1-9-11-12-16-41-19-21-43(22-20-41)45-24-26-50(51(57)34-45)49-25-23-44(31-42(49)10-2)48-32-46(17-13-14-28-58)52(47(33-48)18-15-30-63-53(60)38(3)4)64-35-56(27-29-59,36-65-54(61)39(5)6)37-66-55(62)40(7)8/h23-26,31-34,41,43H,3,5,7,9-22,27,30,35-37H2,1-2,4,6,8H3. The molecule has 0 N–H and O–H groups in total. The van der Waals surface area contributed by atoms with Gasteiger partial charge in [0.05, 0.1) is 30.6 Å². The quantitative estimate of drug-likeness (QED) is 0.0334. The van der Waals surface area contributed by atoms with Crippen LogP contribution in [0.15, 0.2) is 85.0 Å². The maximum Gasteiger partial charge on any atom is 0.333 e. The molecule has 10 heteroatoms. The summed E-state index contributed by atoms with van der Waals surface area (Å²) in [7, 11) is 0. The van der Waals surface area contributed by atoms with Gasteiger partial charge in [-0.05, 0) is 148 Å². The summed E-state index contributed by atoms with van der Waals surface area (Å²) in [6.45, 7) is 19.2. The van der Waals surface area contributed by atoms with Crippen LogP contribution < -0.4 is 4.74 Å². The summed E-state index contributed by atoms with van der Waals surface area (Å²) in [4.78, 5) is 37.5. The van der Waals surface area contributed by atoms with Gasteiger partial charge in [-0.15, -0.1) is 0 Å². The van der Waals surface area contributed by atoms with Crippen molar-refractivity contribution in [1.29, 1.82) is 10.5 Å². The SMILES string of the molecule is C=C(C)C(=O)OCCCc1cc(-c2ccc(-c3ccc(C4CCC(CCCCC)CC4)cc3F)c(CC)c2)cc(CCCC#N)c1OCC(CC#N)(COC(=O)C(=C)C)COC(=O)C(=C)C. The maximum atomic E-state index is 16.2. The van der Waals surface area contributed by atoms with Gasteiger partial charge in [-0.2, -0.15) is 10.5 Å². The van der Waals surface area contributed by atoms with Gasteiger partial charge >= 0.3 is 17.9 Å². The average Bonchev–Trinajstić information content (AvgIpc) is 3.30. The molecule has 1 aliphatic carbocycles. The van der Waals surface area contributed by atoms with Crippen LogP contribution in [0.1, 0.15) is 140 Å². The van der Waals surface area contributed by atoms with E-state index in [9.17, 15) is 24.9 Å². The summed E-state index contributed by atoms with van der Waals surface area (Å²) in [6.07, 6.45) is 12.3. The lowest BCUT2D eigenvalue weighted by Gasteiger charge is -2.31. The van der Waals surface area contributed by atoms with E-state index >= 15 is 4.39 Å². The van der Waals surface area contributed by atoms with Gasteiger partial charge in [-0.25, -0.2) is 18.8 Å². The van der Waals surface area contributed by atoms with Gasteiger partial charge in [-0.3, -0.25) is 0 Å². The Morgan fingerprint density at radius 2 is 1.29 bits per heavy atom. The van der Waals surface area contributed by atoms with Gasteiger partial charge in [0.2, 0.25) is 0 Å². The number of nitriles is 2. The largest absolute Gasteiger partial charge is 0.492 e. The number of hydrogen-bond donors (Lipinski definition) is 0. The third kappa shape index (κ3) is 15.3. The molecule has 0 aromatic heterocycles. The minimum absolute atomic E-state index is 0.116. The van der Waals surface area contributed by atoms with Crippen molar-refractivity contribution in [2.75, 3.05) is 26.4 Å².